The van der Waals surface area contributed by atoms with Crippen LogP contribution in [-0.2, 0) is 11.3 Å². The molecule has 0 fully saturated rings. The number of alkyl halides is 2. The van der Waals surface area contributed by atoms with Crippen LogP contribution in [-0.4, -0.2) is 26.6 Å². The molecule has 4 aromatic rings. The normalized spacial score (nSPS) is 11.3. The second-order valence-electron chi connectivity index (χ2n) is 6.43. The second-order valence-corrected chi connectivity index (χ2v) is 7.43. The molecule has 30 heavy (non-hydrogen) atoms. The molecule has 0 radical (unpaired) electrons. The number of carbonyl (C=O) groups excluding carboxylic acids is 2. The van der Waals surface area contributed by atoms with Gasteiger partial charge < -0.3 is 15.5 Å². The molecule has 3 N–H and O–H groups in total. The monoisotopic (exact) mass is 431 g/mol. The molecule has 0 atom stereocenters. The van der Waals surface area contributed by atoms with Crippen molar-refractivity contribution in [2.45, 2.75) is 19.9 Å². The van der Waals surface area contributed by atoms with Gasteiger partial charge in [0.05, 0.1) is 17.6 Å². The fourth-order valence-corrected chi connectivity index (χ4v) is 4.04. The number of hydrogen-bond donors (Lipinski definition) is 2. The number of nitrogens with two attached hydrogens (primary N) is 1. The maximum atomic E-state index is 13.4. The third kappa shape index (κ3) is 3.66. The minimum atomic E-state index is -2.83. The van der Waals surface area contributed by atoms with Crippen LogP contribution < -0.4 is 11.1 Å². The number of aromatic nitrogens is 3. The molecule has 154 valence electrons. The lowest BCUT2D eigenvalue weighted by Gasteiger charge is -2.09. The minimum Gasteiger partial charge on any atom is -0.464 e. The molecule has 4 rings (SSSR count). The number of primary amides is 1. The predicted octanol–water partition coefficient (Wildman–Crippen LogP) is 3.74. The van der Waals surface area contributed by atoms with Gasteiger partial charge in [0.15, 0.2) is 0 Å². The molecular weight excluding hydrogens is 416 g/mol. The number of carbonyl (C=O) groups is 2. The predicted molar refractivity (Wildman–Crippen MR) is 106 cm³/mol. The standard InChI is InChI=1S/C19H15F2N5O3S/c1-9-4-5-26(25-9)8-13(27)24-15-14-10(12-3-2-6-29-12)7-11(17(20)21)23-19(14)30-16(15)18(22)28/h2-7,17H,8H2,1H3,(H2,22,28)(H,24,27). The van der Waals surface area contributed by atoms with Crippen molar-refractivity contribution in [3.63, 3.8) is 0 Å². The first-order valence-corrected chi connectivity index (χ1v) is 9.54. The number of nitrogens with zero attached hydrogens (tertiary/aromatic N) is 3. The number of halogens is 2. The largest absolute Gasteiger partial charge is 0.464 e. The van der Waals surface area contributed by atoms with Gasteiger partial charge >= 0.3 is 0 Å². The number of pyridine rings is 1. The summed E-state index contributed by atoms with van der Waals surface area (Å²) in [7, 11) is 0. The second kappa shape index (κ2) is 7.67. The van der Waals surface area contributed by atoms with Gasteiger partial charge in [0.1, 0.15) is 27.7 Å². The van der Waals surface area contributed by atoms with E-state index in [-0.39, 0.29) is 33.3 Å². The van der Waals surface area contributed by atoms with E-state index in [1.165, 1.54) is 17.0 Å². The quantitative estimate of drug-likeness (QED) is 0.482. The maximum Gasteiger partial charge on any atom is 0.280 e. The molecule has 8 nitrogen and oxygen atoms in total. The fraction of sp³-hybridized carbons (Fsp3) is 0.158. The van der Waals surface area contributed by atoms with Gasteiger partial charge in [0.25, 0.3) is 12.3 Å². The summed E-state index contributed by atoms with van der Waals surface area (Å²) in [5, 5.41) is 7.11. The molecule has 4 aromatic heterocycles. The van der Waals surface area contributed by atoms with Crippen molar-refractivity contribution >= 4 is 39.1 Å². The molecule has 0 saturated carbocycles. The molecule has 0 aromatic carbocycles. The van der Waals surface area contributed by atoms with Gasteiger partial charge in [0, 0.05) is 17.1 Å². The van der Waals surface area contributed by atoms with Crippen molar-refractivity contribution in [3.8, 4) is 11.3 Å². The van der Waals surface area contributed by atoms with Crippen molar-refractivity contribution in [2.24, 2.45) is 5.73 Å². The van der Waals surface area contributed by atoms with E-state index in [2.05, 4.69) is 15.4 Å². The van der Waals surface area contributed by atoms with E-state index in [4.69, 9.17) is 10.2 Å². The Bertz CT molecular complexity index is 1250. The van der Waals surface area contributed by atoms with Gasteiger partial charge in [-0.2, -0.15) is 5.10 Å². The average molecular weight is 431 g/mol. The van der Waals surface area contributed by atoms with Crippen LogP contribution >= 0.6 is 11.3 Å². The Morgan fingerprint density at radius 2 is 2.17 bits per heavy atom. The Kier molecular flexibility index (Phi) is 5.04. The van der Waals surface area contributed by atoms with Crippen molar-refractivity contribution in [1.82, 2.24) is 14.8 Å². The number of nitrogens with one attached hydrogen (secondary N) is 1. The lowest BCUT2D eigenvalue weighted by Crippen LogP contribution is -2.21. The van der Waals surface area contributed by atoms with E-state index in [1.807, 2.05) is 0 Å². The summed E-state index contributed by atoms with van der Waals surface area (Å²) in [6, 6.07) is 6.11. The van der Waals surface area contributed by atoms with Gasteiger partial charge in [-0.25, -0.2) is 13.8 Å². The number of thiophene rings is 1. The first-order valence-electron chi connectivity index (χ1n) is 8.72. The minimum absolute atomic E-state index is 0.00159. The molecule has 0 saturated heterocycles. The summed E-state index contributed by atoms with van der Waals surface area (Å²) in [4.78, 5) is 28.7. The lowest BCUT2D eigenvalue weighted by atomic mass is 10.1. The van der Waals surface area contributed by atoms with Crippen LogP contribution in [0.4, 0.5) is 14.5 Å². The Balaban J connectivity index is 1.85. The highest BCUT2D eigenvalue weighted by atomic mass is 32.1. The van der Waals surface area contributed by atoms with E-state index in [1.54, 1.807) is 31.3 Å². The Hall–Kier alpha value is -3.60. The maximum absolute atomic E-state index is 13.4. The first kappa shape index (κ1) is 19.7. The molecule has 0 unspecified atom stereocenters. The average Bonchev–Trinajstić information content (AvgIpc) is 3.41. The zero-order valence-corrected chi connectivity index (χ0v) is 16.4. The highest BCUT2D eigenvalue weighted by molar-refractivity contribution is 7.21. The van der Waals surface area contributed by atoms with Crippen molar-refractivity contribution in [3.05, 3.63) is 53.0 Å². The van der Waals surface area contributed by atoms with Gasteiger partial charge in [0.2, 0.25) is 5.91 Å². The SMILES string of the molecule is Cc1ccn(CC(=O)Nc2c(C(N)=O)sc3nc(C(F)F)cc(-c4ccco4)c23)n1. The number of aryl methyl sites for hydroxylation is 1. The van der Waals surface area contributed by atoms with Gasteiger partial charge in [-0.1, -0.05) is 0 Å². The Labute approximate surface area is 172 Å². The summed E-state index contributed by atoms with van der Waals surface area (Å²) in [5.41, 5.74) is 6.13. The molecule has 0 aliphatic rings. The number of rotatable bonds is 6. The molecule has 2 amide bonds. The Morgan fingerprint density at radius 3 is 2.77 bits per heavy atom. The summed E-state index contributed by atoms with van der Waals surface area (Å²) in [5.74, 6) is -0.993. The van der Waals surface area contributed by atoms with Crippen molar-refractivity contribution < 1.29 is 22.8 Å². The summed E-state index contributed by atoms with van der Waals surface area (Å²) in [6.45, 7) is 1.68. The van der Waals surface area contributed by atoms with Crippen LogP contribution in [0.5, 0.6) is 0 Å². The first-order chi connectivity index (χ1) is 14.3. The van der Waals surface area contributed by atoms with Crippen molar-refractivity contribution in [1.29, 1.82) is 0 Å². The van der Waals surface area contributed by atoms with E-state index in [9.17, 15) is 18.4 Å². The molecule has 0 aliphatic heterocycles. The summed E-state index contributed by atoms with van der Waals surface area (Å²) >= 11 is 0.830. The topological polar surface area (TPSA) is 116 Å². The number of anilines is 1. The Morgan fingerprint density at radius 1 is 1.37 bits per heavy atom. The number of hydrogen-bond acceptors (Lipinski definition) is 6. The third-order valence-corrected chi connectivity index (χ3v) is 5.36. The molecular formula is C19H15F2N5O3S. The van der Waals surface area contributed by atoms with Crippen LogP contribution in [0.3, 0.4) is 0 Å². The highest BCUT2D eigenvalue weighted by Gasteiger charge is 2.25. The summed E-state index contributed by atoms with van der Waals surface area (Å²) < 4.78 is 33.6. The van der Waals surface area contributed by atoms with Crippen LogP contribution in [0.15, 0.2) is 41.1 Å². The highest BCUT2D eigenvalue weighted by Crippen LogP contribution is 2.42. The van der Waals surface area contributed by atoms with E-state index in [0.29, 0.717) is 5.39 Å². The smallest absolute Gasteiger partial charge is 0.280 e. The third-order valence-electron chi connectivity index (χ3n) is 4.26. The van der Waals surface area contributed by atoms with Gasteiger partial charge in [-0.3, -0.25) is 14.3 Å². The summed E-state index contributed by atoms with van der Waals surface area (Å²) in [6.07, 6.45) is 0.201. The molecule has 4 heterocycles. The van der Waals surface area contributed by atoms with Crippen LogP contribution in [0.2, 0.25) is 0 Å². The molecule has 0 bridgehead atoms. The number of amides is 2. The van der Waals surface area contributed by atoms with Gasteiger partial charge in [-0.15, -0.1) is 11.3 Å². The molecule has 0 spiro atoms. The lowest BCUT2D eigenvalue weighted by molar-refractivity contribution is -0.116. The van der Waals surface area contributed by atoms with Crippen molar-refractivity contribution in [2.75, 3.05) is 5.32 Å². The number of fused-ring (bicyclic) bond motifs is 1. The van der Waals surface area contributed by atoms with E-state index in [0.717, 1.165) is 17.0 Å². The van der Waals surface area contributed by atoms with Crippen LogP contribution in [0.25, 0.3) is 21.5 Å². The number of furan rings is 1. The van der Waals surface area contributed by atoms with Gasteiger partial charge in [-0.05, 0) is 31.2 Å². The zero-order chi connectivity index (χ0) is 21.4. The van der Waals surface area contributed by atoms with E-state index >= 15 is 0 Å². The zero-order valence-electron chi connectivity index (χ0n) is 15.6. The van der Waals surface area contributed by atoms with Crippen LogP contribution in [0, 0.1) is 6.92 Å². The van der Waals surface area contributed by atoms with E-state index < -0.39 is 23.9 Å². The fourth-order valence-electron chi connectivity index (χ4n) is 3.03. The molecule has 0 aliphatic carbocycles. The van der Waals surface area contributed by atoms with Crippen LogP contribution in [0.1, 0.15) is 27.5 Å². The molecule has 11 heteroatoms.